The van der Waals surface area contributed by atoms with E-state index >= 15 is 0 Å². The first kappa shape index (κ1) is 24.3. The molecule has 1 heterocycles. The number of aromatic nitrogens is 1. The average molecular weight is 465 g/mol. The van der Waals surface area contributed by atoms with Crippen molar-refractivity contribution in [2.45, 2.75) is 26.7 Å². The molecule has 34 heavy (non-hydrogen) atoms. The Hall–Kier alpha value is -4.31. The van der Waals surface area contributed by atoms with Gasteiger partial charge in [-0.2, -0.15) is 4.89 Å². The van der Waals surface area contributed by atoms with Crippen molar-refractivity contribution in [3.05, 3.63) is 82.0 Å². The zero-order valence-electron chi connectivity index (χ0n) is 18.6. The van der Waals surface area contributed by atoms with E-state index < -0.39 is 17.0 Å². The van der Waals surface area contributed by atoms with E-state index in [1.165, 1.54) is 18.2 Å². The Morgan fingerprint density at radius 2 is 1.94 bits per heavy atom. The quantitative estimate of drug-likeness (QED) is 0.265. The summed E-state index contributed by atoms with van der Waals surface area (Å²) >= 11 is 0. The highest BCUT2D eigenvalue weighted by atomic mass is 17.2. The Morgan fingerprint density at radius 1 is 1.12 bits per heavy atom. The van der Waals surface area contributed by atoms with Gasteiger partial charge in [0, 0.05) is 29.6 Å². The van der Waals surface area contributed by atoms with Crippen LogP contribution in [0.3, 0.4) is 0 Å². The molecule has 0 aliphatic rings. The van der Waals surface area contributed by atoms with Crippen molar-refractivity contribution in [3.63, 3.8) is 0 Å². The fourth-order valence-electron chi connectivity index (χ4n) is 3.02. The number of nitrogens with one attached hydrogen (secondary N) is 1. The topological polar surface area (TPSA) is 130 Å². The zero-order valence-corrected chi connectivity index (χ0v) is 18.6. The molecule has 0 spiro atoms. The lowest BCUT2D eigenvalue weighted by molar-refractivity contribution is -0.384. The second kappa shape index (κ2) is 11.5. The molecular formula is C24H23N3O7. The van der Waals surface area contributed by atoms with Crippen molar-refractivity contribution in [2.24, 2.45) is 0 Å². The first-order valence-electron chi connectivity index (χ1n) is 10.5. The maximum atomic E-state index is 12.3. The monoisotopic (exact) mass is 465 g/mol. The van der Waals surface area contributed by atoms with Crippen molar-refractivity contribution < 1.29 is 29.0 Å². The number of amides is 1. The van der Waals surface area contributed by atoms with Crippen molar-refractivity contribution in [1.82, 2.24) is 4.98 Å². The predicted octanol–water partition coefficient (Wildman–Crippen LogP) is 5.00. The minimum atomic E-state index is -0.726. The molecule has 0 fully saturated rings. The van der Waals surface area contributed by atoms with Crippen LogP contribution >= 0.6 is 0 Å². The van der Waals surface area contributed by atoms with Gasteiger partial charge in [0.25, 0.3) is 5.69 Å². The predicted molar refractivity (Wildman–Crippen MR) is 123 cm³/mol. The Bertz CT molecular complexity index is 1180. The lowest BCUT2D eigenvalue weighted by Gasteiger charge is -2.10. The van der Waals surface area contributed by atoms with E-state index in [9.17, 15) is 19.7 Å². The number of anilines is 1. The van der Waals surface area contributed by atoms with E-state index in [0.29, 0.717) is 30.0 Å². The van der Waals surface area contributed by atoms with Crippen LogP contribution in [0.2, 0.25) is 0 Å². The molecule has 10 nitrogen and oxygen atoms in total. The minimum Gasteiger partial charge on any atom is -0.410 e. The van der Waals surface area contributed by atoms with Crippen LogP contribution in [0.15, 0.2) is 60.8 Å². The van der Waals surface area contributed by atoms with Crippen LogP contribution in [-0.4, -0.2) is 28.6 Å². The second-order valence-corrected chi connectivity index (χ2v) is 7.22. The van der Waals surface area contributed by atoms with Gasteiger partial charge in [0.05, 0.1) is 23.6 Å². The number of nitrogens with zero attached hydrogens (tertiary/aromatic N) is 2. The third kappa shape index (κ3) is 6.84. The normalized spacial score (nSPS) is 10.4. The zero-order chi connectivity index (χ0) is 24.5. The molecule has 1 amide bonds. The summed E-state index contributed by atoms with van der Waals surface area (Å²) in [5, 5.41) is 13.5. The molecule has 3 aromatic rings. The molecule has 1 aromatic heterocycles. The molecule has 0 saturated carbocycles. The van der Waals surface area contributed by atoms with Crippen molar-refractivity contribution in [1.29, 1.82) is 0 Å². The van der Waals surface area contributed by atoms with Gasteiger partial charge in [0.1, 0.15) is 5.75 Å². The number of rotatable bonds is 9. The molecule has 0 unspecified atom stereocenters. The third-order valence-electron chi connectivity index (χ3n) is 4.69. The van der Waals surface area contributed by atoms with E-state index in [-0.39, 0.29) is 17.9 Å². The summed E-state index contributed by atoms with van der Waals surface area (Å²) in [4.78, 5) is 47.8. The summed E-state index contributed by atoms with van der Waals surface area (Å²) in [6.07, 6.45) is 1.59. The number of carbonyl (C=O) groups excluding carboxylic acids is 2. The van der Waals surface area contributed by atoms with Gasteiger partial charge in [-0.15, -0.1) is 0 Å². The van der Waals surface area contributed by atoms with E-state index in [0.717, 1.165) is 11.1 Å². The lowest BCUT2D eigenvalue weighted by Crippen LogP contribution is -2.17. The standard InChI is InChI=1S/C24H23N3O7/c1-3-32-34-23(28)12-8-17-7-10-21(25-15-17)18-5-4-6-19(14-18)26-24(29)33-22-11-9-20(27(30)31)13-16(22)2/h4-7,9-11,13-15H,3,8,12H2,1-2H3,(H,26,29). The van der Waals surface area contributed by atoms with Crippen LogP contribution in [0.1, 0.15) is 24.5 Å². The van der Waals surface area contributed by atoms with E-state index in [1.54, 1.807) is 38.2 Å². The first-order valence-corrected chi connectivity index (χ1v) is 10.5. The highest BCUT2D eigenvalue weighted by molar-refractivity contribution is 5.87. The summed E-state index contributed by atoms with van der Waals surface area (Å²) in [6.45, 7) is 3.64. The van der Waals surface area contributed by atoms with Gasteiger partial charge in [-0.05, 0) is 55.7 Å². The second-order valence-electron chi connectivity index (χ2n) is 7.22. The molecule has 176 valence electrons. The van der Waals surface area contributed by atoms with Gasteiger partial charge in [-0.1, -0.05) is 18.2 Å². The van der Waals surface area contributed by atoms with Crippen molar-refractivity contribution in [2.75, 3.05) is 11.9 Å². The third-order valence-corrected chi connectivity index (χ3v) is 4.69. The Balaban J connectivity index is 1.60. The number of non-ortho nitro benzene ring substituents is 1. The lowest BCUT2D eigenvalue weighted by atomic mass is 10.1. The molecule has 3 rings (SSSR count). The number of carbonyl (C=O) groups is 2. The number of aryl methyl sites for hydroxylation is 2. The molecule has 0 aliphatic heterocycles. The number of pyridine rings is 1. The molecule has 0 aliphatic carbocycles. The van der Waals surface area contributed by atoms with E-state index in [4.69, 9.17) is 4.74 Å². The van der Waals surface area contributed by atoms with E-state index in [2.05, 4.69) is 20.1 Å². The number of nitro groups is 1. The van der Waals surface area contributed by atoms with Gasteiger partial charge in [0.15, 0.2) is 0 Å². The number of ether oxygens (including phenoxy) is 1. The SMILES string of the molecule is CCOOC(=O)CCc1ccc(-c2cccc(NC(=O)Oc3ccc([N+](=O)[O-])cc3C)c2)nc1. The average Bonchev–Trinajstić information content (AvgIpc) is 2.83. The molecule has 2 aromatic carbocycles. The molecule has 0 atom stereocenters. The van der Waals surface area contributed by atoms with Gasteiger partial charge < -0.3 is 4.74 Å². The van der Waals surface area contributed by atoms with E-state index in [1.807, 2.05) is 18.2 Å². The van der Waals surface area contributed by atoms with Crippen LogP contribution in [0, 0.1) is 17.0 Å². The molecule has 10 heteroatoms. The van der Waals surface area contributed by atoms with Crippen LogP contribution < -0.4 is 10.1 Å². The maximum Gasteiger partial charge on any atom is 0.417 e. The molecule has 0 bridgehead atoms. The molecular weight excluding hydrogens is 442 g/mol. The Morgan fingerprint density at radius 3 is 2.62 bits per heavy atom. The molecule has 0 saturated heterocycles. The first-order chi connectivity index (χ1) is 16.4. The highest BCUT2D eigenvalue weighted by Crippen LogP contribution is 2.25. The molecule has 1 N–H and O–H groups in total. The number of hydrogen-bond donors (Lipinski definition) is 1. The number of hydrogen-bond acceptors (Lipinski definition) is 8. The van der Waals surface area contributed by atoms with Crippen molar-refractivity contribution in [3.8, 4) is 17.0 Å². The van der Waals surface area contributed by atoms with Gasteiger partial charge >= 0.3 is 12.1 Å². The summed E-state index contributed by atoms with van der Waals surface area (Å²) in [5.74, 6) is -0.220. The Kier molecular flexibility index (Phi) is 8.25. The molecule has 0 radical (unpaired) electrons. The fourth-order valence-corrected chi connectivity index (χ4v) is 3.02. The summed E-state index contributed by atoms with van der Waals surface area (Å²) in [7, 11) is 0. The van der Waals surface area contributed by atoms with Gasteiger partial charge in [-0.3, -0.25) is 25.3 Å². The summed E-state index contributed by atoms with van der Waals surface area (Å²) < 4.78 is 5.28. The van der Waals surface area contributed by atoms with Crippen molar-refractivity contribution >= 4 is 23.4 Å². The van der Waals surface area contributed by atoms with Crippen LogP contribution in [0.4, 0.5) is 16.2 Å². The summed E-state index contributed by atoms with van der Waals surface area (Å²) in [6, 6.07) is 14.7. The highest BCUT2D eigenvalue weighted by Gasteiger charge is 2.13. The minimum absolute atomic E-state index is 0.0816. The Labute approximate surface area is 195 Å². The van der Waals surface area contributed by atoms with Crippen LogP contribution in [0.25, 0.3) is 11.3 Å². The fraction of sp³-hybridized carbons (Fsp3) is 0.208. The number of benzene rings is 2. The maximum absolute atomic E-state index is 12.3. The van der Waals surface area contributed by atoms with Crippen LogP contribution in [0.5, 0.6) is 5.75 Å². The smallest absolute Gasteiger partial charge is 0.410 e. The summed E-state index contributed by atoms with van der Waals surface area (Å²) in [5.41, 5.74) is 3.20. The van der Waals surface area contributed by atoms with Gasteiger partial charge in [-0.25, -0.2) is 9.59 Å². The largest absolute Gasteiger partial charge is 0.417 e. The number of nitro benzene ring substituents is 1. The van der Waals surface area contributed by atoms with Crippen LogP contribution in [-0.2, 0) is 21.0 Å². The van der Waals surface area contributed by atoms with Gasteiger partial charge in [0.2, 0.25) is 0 Å².